The minimum Gasteiger partial charge on any atom is -0.383 e. The molecule has 0 radical (unpaired) electrons. The van der Waals surface area contributed by atoms with E-state index in [1.165, 1.54) is 6.07 Å². The summed E-state index contributed by atoms with van der Waals surface area (Å²) in [6, 6.07) is 21.7. The first-order valence-electron chi connectivity index (χ1n) is 11.7. The normalized spacial score (nSPS) is 10.3. The molecule has 5 nitrogen and oxygen atoms in total. The number of aromatic nitrogens is 1. The van der Waals surface area contributed by atoms with E-state index in [0.717, 1.165) is 41.5 Å². The van der Waals surface area contributed by atoms with Crippen LogP contribution in [-0.4, -0.2) is 11.0 Å². The van der Waals surface area contributed by atoms with Crippen molar-refractivity contribution in [2.24, 2.45) is 5.73 Å². The highest BCUT2D eigenvalue weighted by Gasteiger charge is 2.08. The number of aryl methyl sites for hydroxylation is 1. The molecule has 36 heavy (non-hydrogen) atoms. The van der Waals surface area contributed by atoms with Gasteiger partial charge in [-0.1, -0.05) is 63.8 Å². The van der Waals surface area contributed by atoms with Crippen LogP contribution in [0.25, 0.3) is 16.8 Å². The smallest absolute Gasteiger partial charge is 0.131 e. The Labute approximate surface area is 214 Å². The second-order valence-corrected chi connectivity index (χ2v) is 8.10. The molecule has 1 unspecified atom stereocenters. The van der Waals surface area contributed by atoms with Gasteiger partial charge in [-0.05, 0) is 61.2 Å². The van der Waals surface area contributed by atoms with Gasteiger partial charge >= 0.3 is 0 Å². The minimum atomic E-state index is -0.139. The average Bonchev–Trinajstić information content (AvgIpc) is 2.88. The summed E-state index contributed by atoms with van der Waals surface area (Å²) < 4.78 is 12.5. The molecule has 0 fully saturated rings. The number of hydrogen-bond donors (Lipinski definition) is 2. The van der Waals surface area contributed by atoms with Crippen LogP contribution < -0.4 is 11.5 Å². The quantitative estimate of drug-likeness (QED) is 0.374. The van der Waals surface area contributed by atoms with Crippen LogP contribution in [0.3, 0.4) is 0 Å². The van der Waals surface area contributed by atoms with Gasteiger partial charge in [-0.25, -0.2) is 9.37 Å². The van der Waals surface area contributed by atoms with Crippen molar-refractivity contribution in [2.75, 3.05) is 5.73 Å². The molecule has 1 heterocycles. The number of allylic oxidation sites excluding steroid dienone is 1. The molecule has 0 aliphatic rings. The molecule has 0 saturated carbocycles. The van der Waals surface area contributed by atoms with E-state index in [-0.39, 0.29) is 11.9 Å². The van der Waals surface area contributed by atoms with Gasteiger partial charge in [0.15, 0.2) is 0 Å². The molecule has 3 aromatic rings. The zero-order valence-electron chi connectivity index (χ0n) is 21.3. The SMILES string of the molecule is C=C(C#N)C(N)CC.C=C(C)c1ccc(-c2ccccc2C#N)nc1N.CCCc1cccc(F)c1. The predicted molar refractivity (Wildman–Crippen MR) is 147 cm³/mol. The fourth-order valence-electron chi connectivity index (χ4n) is 3.10. The van der Waals surface area contributed by atoms with Crippen molar-refractivity contribution in [1.82, 2.24) is 4.98 Å². The van der Waals surface area contributed by atoms with E-state index in [4.69, 9.17) is 22.0 Å². The monoisotopic (exact) mass is 483 g/mol. The molecule has 0 aliphatic carbocycles. The first-order valence-corrected chi connectivity index (χ1v) is 11.7. The third-order valence-corrected chi connectivity index (χ3v) is 5.17. The highest BCUT2D eigenvalue weighted by Crippen LogP contribution is 2.25. The number of nitrogens with zero attached hydrogens (tertiary/aromatic N) is 3. The van der Waals surface area contributed by atoms with Crippen LogP contribution >= 0.6 is 0 Å². The van der Waals surface area contributed by atoms with Gasteiger partial charge in [0.1, 0.15) is 11.6 Å². The summed E-state index contributed by atoms with van der Waals surface area (Å²) in [7, 11) is 0. The molecular weight excluding hydrogens is 449 g/mol. The molecule has 1 atom stereocenters. The molecule has 0 saturated heterocycles. The van der Waals surface area contributed by atoms with E-state index in [1.807, 2.05) is 56.3 Å². The molecule has 0 spiro atoms. The first-order chi connectivity index (χ1) is 17.2. The third-order valence-electron chi connectivity index (χ3n) is 5.17. The van der Waals surface area contributed by atoms with Gasteiger partial charge in [0.05, 0.1) is 23.4 Å². The fraction of sp³-hybridized carbons (Fsp3) is 0.233. The largest absolute Gasteiger partial charge is 0.383 e. The standard InChI is InChI=1S/C15H13N3.C9H11F.C6H10N2/c1-10(2)12-7-8-14(18-15(12)17)13-6-4-3-5-11(13)9-16;1-2-4-8-5-3-6-9(10)7-8;1-3-6(8)5(2)4-7/h3-8H,1H2,2H3,(H2,17,18);3,5-7H,2,4H2,1H3;6H,2-3,8H2,1H3. The van der Waals surface area contributed by atoms with Gasteiger partial charge < -0.3 is 11.5 Å². The fourth-order valence-corrected chi connectivity index (χ4v) is 3.10. The average molecular weight is 484 g/mol. The van der Waals surface area contributed by atoms with Crippen LogP contribution in [0.15, 0.2) is 79.4 Å². The second kappa shape index (κ2) is 15.6. The Morgan fingerprint density at radius 2 is 1.75 bits per heavy atom. The Bertz CT molecular complexity index is 1250. The van der Waals surface area contributed by atoms with Crippen LogP contribution in [0, 0.1) is 28.5 Å². The van der Waals surface area contributed by atoms with Gasteiger partial charge in [0, 0.05) is 22.7 Å². The Kier molecular flexibility index (Phi) is 12.9. The number of hydrogen-bond acceptors (Lipinski definition) is 5. The number of pyridine rings is 1. The molecular formula is C30H34FN5. The van der Waals surface area contributed by atoms with Gasteiger partial charge in [0.2, 0.25) is 0 Å². The first kappa shape index (κ1) is 29.8. The summed E-state index contributed by atoms with van der Waals surface area (Å²) >= 11 is 0. The van der Waals surface area contributed by atoms with E-state index >= 15 is 0 Å². The highest BCUT2D eigenvalue weighted by atomic mass is 19.1. The van der Waals surface area contributed by atoms with Crippen LogP contribution in [0.2, 0.25) is 0 Å². The van der Waals surface area contributed by atoms with E-state index < -0.39 is 0 Å². The summed E-state index contributed by atoms with van der Waals surface area (Å²) in [5, 5.41) is 17.3. The van der Waals surface area contributed by atoms with Crippen molar-refractivity contribution < 1.29 is 4.39 Å². The maximum atomic E-state index is 12.5. The summed E-state index contributed by atoms with van der Waals surface area (Å²) in [6.07, 6.45) is 2.83. The Balaban J connectivity index is 0.000000304. The zero-order valence-corrected chi connectivity index (χ0v) is 21.3. The van der Waals surface area contributed by atoms with Crippen molar-refractivity contribution in [3.63, 3.8) is 0 Å². The Hall–Kier alpha value is -4.26. The lowest BCUT2D eigenvalue weighted by molar-refractivity contribution is 0.625. The molecule has 3 rings (SSSR count). The van der Waals surface area contributed by atoms with Crippen molar-refractivity contribution >= 4 is 11.4 Å². The van der Waals surface area contributed by atoms with Gasteiger partial charge in [-0.3, -0.25) is 0 Å². The van der Waals surface area contributed by atoms with Crippen LogP contribution in [0.1, 0.15) is 50.3 Å². The maximum Gasteiger partial charge on any atom is 0.131 e. The summed E-state index contributed by atoms with van der Waals surface area (Å²) in [4.78, 5) is 4.34. The topological polar surface area (TPSA) is 113 Å². The lowest BCUT2D eigenvalue weighted by atomic mass is 10.0. The van der Waals surface area contributed by atoms with Crippen LogP contribution in [0.5, 0.6) is 0 Å². The molecule has 6 heteroatoms. The molecule has 4 N–H and O–H groups in total. The molecule has 0 amide bonds. The molecule has 2 aromatic carbocycles. The number of anilines is 1. The lowest BCUT2D eigenvalue weighted by Gasteiger charge is -2.08. The summed E-state index contributed by atoms with van der Waals surface area (Å²) in [6.45, 7) is 13.2. The molecule has 1 aromatic heterocycles. The predicted octanol–water partition coefficient (Wildman–Crippen LogP) is 6.82. The molecule has 0 aliphatic heterocycles. The number of halogens is 1. The highest BCUT2D eigenvalue weighted by molar-refractivity contribution is 5.75. The number of benzene rings is 2. The number of rotatable bonds is 6. The summed E-state index contributed by atoms with van der Waals surface area (Å²) in [5.74, 6) is 0.304. The Morgan fingerprint density at radius 1 is 1.06 bits per heavy atom. The van der Waals surface area contributed by atoms with E-state index in [1.54, 1.807) is 18.2 Å². The molecule has 0 bridgehead atoms. The minimum absolute atomic E-state index is 0.133. The second-order valence-electron chi connectivity index (χ2n) is 8.10. The van der Waals surface area contributed by atoms with Gasteiger partial charge in [-0.2, -0.15) is 10.5 Å². The van der Waals surface area contributed by atoms with E-state index in [0.29, 0.717) is 22.6 Å². The van der Waals surface area contributed by atoms with Crippen molar-refractivity contribution in [3.05, 3.63) is 102 Å². The van der Waals surface area contributed by atoms with Crippen molar-refractivity contribution in [3.8, 4) is 23.4 Å². The number of nitrogen functional groups attached to an aromatic ring is 1. The summed E-state index contributed by atoms with van der Waals surface area (Å²) in [5.41, 5.74) is 16.7. The number of nitrogens with two attached hydrogens (primary N) is 2. The van der Waals surface area contributed by atoms with E-state index in [9.17, 15) is 4.39 Å². The van der Waals surface area contributed by atoms with E-state index in [2.05, 4.69) is 31.1 Å². The lowest BCUT2D eigenvalue weighted by Crippen LogP contribution is -2.19. The third kappa shape index (κ3) is 9.54. The van der Waals surface area contributed by atoms with Gasteiger partial charge in [-0.15, -0.1) is 0 Å². The van der Waals surface area contributed by atoms with Gasteiger partial charge in [0.25, 0.3) is 0 Å². The van der Waals surface area contributed by atoms with Crippen LogP contribution in [0.4, 0.5) is 10.2 Å². The molecule has 186 valence electrons. The van der Waals surface area contributed by atoms with Crippen molar-refractivity contribution in [2.45, 2.75) is 46.1 Å². The maximum absolute atomic E-state index is 12.5. The zero-order chi connectivity index (χ0) is 27.1. The Morgan fingerprint density at radius 3 is 2.25 bits per heavy atom. The number of nitriles is 2. The van der Waals surface area contributed by atoms with Crippen LogP contribution in [-0.2, 0) is 6.42 Å². The van der Waals surface area contributed by atoms with Crippen molar-refractivity contribution in [1.29, 1.82) is 10.5 Å².